The first kappa shape index (κ1) is 12.0. The molecule has 13 heavy (non-hydrogen) atoms. The van der Waals surface area contributed by atoms with E-state index in [-0.39, 0.29) is 6.10 Å². The number of rotatable bonds is 5. The van der Waals surface area contributed by atoms with Gasteiger partial charge < -0.3 is 9.47 Å². The van der Waals surface area contributed by atoms with E-state index in [9.17, 15) is 4.79 Å². The minimum atomic E-state index is -0.635. The Balaban J connectivity index is 3.94. The highest BCUT2D eigenvalue weighted by Crippen LogP contribution is 2.12. The first-order chi connectivity index (χ1) is 6.11. The molecule has 0 amide bonds. The van der Waals surface area contributed by atoms with E-state index < -0.39 is 6.16 Å². The van der Waals surface area contributed by atoms with Gasteiger partial charge in [0.15, 0.2) is 0 Å². The highest BCUT2D eigenvalue weighted by atomic mass is 16.7. The van der Waals surface area contributed by atoms with Crippen molar-refractivity contribution >= 4 is 6.16 Å². The summed E-state index contributed by atoms with van der Waals surface area (Å²) in [5.74, 6) is 0. The lowest BCUT2D eigenvalue weighted by molar-refractivity contribution is 0.0457. The van der Waals surface area contributed by atoms with Gasteiger partial charge in [-0.05, 0) is 25.3 Å². The summed E-state index contributed by atoms with van der Waals surface area (Å²) in [7, 11) is 1.30. The standard InChI is InChI=1S/C10H18O3/c1-5-6-7-9(8(2)3)13-10(11)12-4/h9H,2,5-7H2,1,3-4H3. The van der Waals surface area contributed by atoms with Crippen LogP contribution in [0.15, 0.2) is 12.2 Å². The van der Waals surface area contributed by atoms with Crippen LogP contribution in [0.4, 0.5) is 4.79 Å². The van der Waals surface area contributed by atoms with E-state index in [0.29, 0.717) is 0 Å². The Morgan fingerprint density at radius 3 is 2.54 bits per heavy atom. The van der Waals surface area contributed by atoms with E-state index >= 15 is 0 Å². The molecule has 0 radical (unpaired) electrons. The first-order valence-electron chi connectivity index (χ1n) is 4.51. The molecule has 1 unspecified atom stereocenters. The highest BCUT2D eigenvalue weighted by molar-refractivity contribution is 5.60. The van der Waals surface area contributed by atoms with Crippen molar-refractivity contribution in [3.63, 3.8) is 0 Å². The van der Waals surface area contributed by atoms with Gasteiger partial charge in [-0.25, -0.2) is 4.79 Å². The third-order valence-corrected chi connectivity index (χ3v) is 1.77. The largest absolute Gasteiger partial charge is 0.508 e. The van der Waals surface area contributed by atoms with Crippen LogP contribution in [0, 0.1) is 0 Å². The van der Waals surface area contributed by atoms with Crippen molar-refractivity contribution in [3.05, 3.63) is 12.2 Å². The van der Waals surface area contributed by atoms with Gasteiger partial charge in [0, 0.05) is 0 Å². The number of methoxy groups -OCH3 is 1. The molecule has 0 bridgehead atoms. The third-order valence-electron chi connectivity index (χ3n) is 1.77. The number of carbonyl (C=O) groups excluding carboxylic acids is 1. The fraction of sp³-hybridized carbons (Fsp3) is 0.700. The average Bonchev–Trinajstić information content (AvgIpc) is 2.11. The van der Waals surface area contributed by atoms with Gasteiger partial charge in [0.1, 0.15) is 6.10 Å². The summed E-state index contributed by atoms with van der Waals surface area (Å²) in [5, 5.41) is 0. The van der Waals surface area contributed by atoms with Crippen molar-refractivity contribution in [3.8, 4) is 0 Å². The van der Waals surface area contributed by atoms with Crippen LogP contribution in [0.2, 0.25) is 0 Å². The molecule has 3 heteroatoms. The summed E-state index contributed by atoms with van der Waals surface area (Å²) in [6.45, 7) is 7.70. The smallest absolute Gasteiger partial charge is 0.438 e. The summed E-state index contributed by atoms with van der Waals surface area (Å²) in [6, 6.07) is 0. The SMILES string of the molecule is C=C(C)C(CCCC)OC(=O)OC. The zero-order valence-electron chi connectivity index (χ0n) is 8.63. The molecular weight excluding hydrogens is 168 g/mol. The zero-order chi connectivity index (χ0) is 10.3. The molecule has 0 N–H and O–H groups in total. The molecule has 0 saturated heterocycles. The van der Waals surface area contributed by atoms with Crippen molar-refractivity contribution < 1.29 is 14.3 Å². The molecule has 0 fully saturated rings. The minimum absolute atomic E-state index is 0.201. The van der Waals surface area contributed by atoms with Crippen LogP contribution in [-0.4, -0.2) is 19.4 Å². The molecule has 3 nitrogen and oxygen atoms in total. The number of ether oxygens (including phenoxy) is 2. The van der Waals surface area contributed by atoms with Gasteiger partial charge >= 0.3 is 6.16 Å². The molecule has 0 aliphatic carbocycles. The normalized spacial score (nSPS) is 11.9. The predicted molar refractivity (Wildman–Crippen MR) is 51.6 cm³/mol. The molecule has 0 aliphatic heterocycles. The second-order valence-corrected chi connectivity index (χ2v) is 3.05. The molecule has 76 valence electrons. The topological polar surface area (TPSA) is 35.5 Å². The summed E-state index contributed by atoms with van der Waals surface area (Å²) in [6.07, 6.45) is 2.08. The molecule has 0 saturated carbocycles. The van der Waals surface area contributed by atoms with Crippen LogP contribution in [0.25, 0.3) is 0 Å². The Labute approximate surface area is 79.7 Å². The molecule has 0 heterocycles. The Bertz CT molecular complexity index is 175. The van der Waals surface area contributed by atoms with Crippen molar-refractivity contribution in [2.45, 2.75) is 39.2 Å². The Hall–Kier alpha value is -0.990. The van der Waals surface area contributed by atoms with E-state index in [1.54, 1.807) is 0 Å². The van der Waals surface area contributed by atoms with Gasteiger partial charge in [-0.1, -0.05) is 19.9 Å². The van der Waals surface area contributed by atoms with Crippen LogP contribution in [0.1, 0.15) is 33.1 Å². The lowest BCUT2D eigenvalue weighted by Crippen LogP contribution is -2.18. The van der Waals surface area contributed by atoms with E-state index in [1.165, 1.54) is 7.11 Å². The van der Waals surface area contributed by atoms with E-state index in [0.717, 1.165) is 24.8 Å². The fourth-order valence-corrected chi connectivity index (χ4v) is 0.960. The Morgan fingerprint density at radius 1 is 1.54 bits per heavy atom. The van der Waals surface area contributed by atoms with Gasteiger partial charge in [-0.2, -0.15) is 0 Å². The summed E-state index contributed by atoms with van der Waals surface area (Å²) >= 11 is 0. The second-order valence-electron chi connectivity index (χ2n) is 3.05. The molecule has 0 aliphatic rings. The molecule has 0 aromatic heterocycles. The van der Waals surface area contributed by atoms with Crippen LogP contribution in [0.5, 0.6) is 0 Å². The molecule has 1 atom stereocenters. The van der Waals surface area contributed by atoms with Gasteiger partial charge in [0.05, 0.1) is 7.11 Å². The molecule has 0 aromatic carbocycles. The number of unbranched alkanes of at least 4 members (excludes halogenated alkanes) is 1. The van der Waals surface area contributed by atoms with Crippen LogP contribution in [-0.2, 0) is 9.47 Å². The number of hydrogen-bond acceptors (Lipinski definition) is 3. The summed E-state index contributed by atoms with van der Waals surface area (Å²) in [5.41, 5.74) is 0.860. The molecule has 0 rings (SSSR count). The van der Waals surface area contributed by atoms with Crippen LogP contribution < -0.4 is 0 Å². The molecule has 0 spiro atoms. The molecule has 0 aromatic rings. The lowest BCUT2D eigenvalue weighted by atomic mass is 10.1. The maximum Gasteiger partial charge on any atom is 0.508 e. The van der Waals surface area contributed by atoms with Gasteiger partial charge in [-0.15, -0.1) is 0 Å². The second kappa shape index (κ2) is 6.52. The molecular formula is C10H18O3. The summed E-state index contributed by atoms with van der Waals surface area (Å²) in [4.78, 5) is 10.8. The van der Waals surface area contributed by atoms with Crippen molar-refractivity contribution in [1.29, 1.82) is 0 Å². The van der Waals surface area contributed by atoms with E-state index in [4.69, 9.17) is 4.74 Å². The van der Waals surface area contributed by atoms with Gasteiger partial charge in [0.25, 0.3) is 0 Å². The maximum absolute atomic E-state index is 10.8. The van der Waals surface area contributed by atoms with E-state index in [2.05, 4.69) is 18.2 Å². The quantitative estimate of drug-likeness (QED) is 0.489. The Morgan fingerprint density at radius 2 is 2.15 bits per heavy atom. The monoisotopic (exact) mass is 186 g/mol. The average molecular weight is 186 g/mol. The Kier molecular flexibility index (Phi) is 6.02. The van der Waals surface area contributed by atoms with Gasteiger partial charge in [0.2, 0.25) is 0 Å². The lowest BCUT2D eigenvalue weighted by Gasteiger charge is -2.16. The fourth-order valence-electron chi connectivity index (χ4n) is 0.960. The number of carbonyl (C=O) groups is 1. The zero-order valence-corrected chi connectivity index (χ0v) is 8.63. The highest BCUT2D eigenvalue weighted by Gasteiger charge is 2.14. The van der Waals surface area contributed by atoms with Crippen molar-refractivity contribution in [1.82, 2.24) is 0 Å². The van der Waals surface area contributed by atoms with Crippen LogP contribution in [0.3, 0.4) is 0 Å². The van der Waals surface area contributed by atoms with Crippen LogP contribution >= 0.6 is 0 Å². The summed E-state index contributed by atoms with van der Waals surface area (Å²) < 4.78 is 9.41. The number of hydrogen-bond donors (Lipinski definition) is 0. The third kappa shape index (κ3) is 5.28. The minimum Gasteiger partial charge on any atom is -0.438 e. The first-order valence-corrected chi connectivity index (χ1v) is 4.51. The van der Waals surface area contributed by atoms with Crippen molar-refractivity contribution in [2.75, 3.05) is 7.11 Å². The van der Waals surface area contributed by atoms with E-state index in [1.807, 2.05) is 6.92 Å². The predicted octanol–water partition coefficient (Wildman–Crippen LogP) is 2.90. The van der Waals surface area contributed by atoms with Crippen molar-refractivity contribution in [2.24, 2.45) is 0 Å². The maximum atomic E-state index is 10.8. The van der Waals surface area contributed by atoms with Gasteiger partial charge in [-0.3, -0.25) is 0 Å².